The van der Waals surface area contributed by atoms with Gasteiger partial charge in [0.1, 0.15) is 23.9 Å². The second-order valence-electron chi connectivity index (χ2n) is 5.44. The van der Waals surface area contributed by atoms with Crippen LogP contribution in [0.4, 0.5) is 24.7 Å². The number of alkyl halides is 3. The lowest BCUT2D eigenvalue weighted by molar-refractivity contribution is -0.173. The van der Waals surface area contributed by atoms with E-state index < -0.39 is 18.1 Å². The highest BCUT2D eigenvalue weighted by Crippen LogP contribution is 2.37. The topological polar surface area (TPSA) is 81.9 Å². The lowest BCUT2D eigenvalue weighted by Gasteiger charge is -2.27. The third-order valence-corrected chi connectivity index (χ3v) is 3.84. The van der Waals surface area contributed by atoms with Gasteiger partial charge in [0, 0.05) is 18.3 Å². The molecule has 1 amide bonds. The van der Waals surface area contributed by atoms with Gasteiger partial charge in [-0.2, -0.15) is 18.4 Å². The summed E-state index contributed by atoms with van der Waals surface area (Å²) in [5.74, 6) is -1.59. The molecule has 0 fully saturated rings. The zero-order valence-corrected chi connectivity index (χ0v) is 12.8. The van der Waals surface area contributed by atoms with Crippen LogP contribution >= 0.6 is 0 Å². The van der Waals surface area contributed by atoms with Crippen LogP contribution in [0.3, 0.4) is 0 Å². The van der Waals surface area contributed by atoms with Crippen molar-refractivity contribution in [3.63, 3.8) is 0 Å². The number of nitriles is 1. The third-order valence-electron chi connectivity index (χ3n) is 3.84. The number of para-hydroxylation sites is 1. The number of hydrogen-bond donors (Lipinski definition) is 1. The van der Waals surface area contributed by atoms with E-state index in [9.17, 15) is 18.0 Å². The molecule has 0 saturated heterocycles. The fraction of sp³-hybridized carbons (Fsp3) is 0.250. The lowest BCUT2D eigenvalue weighted by atomic mass is 10.1. The van der Waals surface area contributed by atoms with Crippen LogP contribution in [0.1, 0.15) is 11.3 Å². The largest absolute Gasteiger partial charge is 0.471 e. The number of aromatic nitrogens is 2. The Kier molecular flexibility index (Phi) is 4.27. The second kappa shape index (κ2) is 6.39. The van der Waals surface area contributed by atoms with Gasteiger partial charge in [-0.05, 0) is 18.1 Å². The minimum Gasteiger partial charge on any atom is -0.346 e. The van der Waals surface area contributed by atoms with Crippen LogP contribution < -0.4 is 10.2 Å². The van der Waals surface area contributed by atoms with Crippen LogP contribution in [0.5, 0.6) is 0 Å². The highest BCUT2D eigenvalue weighted by molar-refractivity contribution is 5.82. The standard InChI is InChI=1S/C16H12F3N5O/c17-16(18,19)15(25)21-8-12-5-10-3-1-2-4-13(10)24(12)14-6-11(7-20)22-9-23-14/h1-4,6,9,12H,5,8H2,(H,21,25). The molecule has 1 N–H and O–H groups in total. The number of benzene rings is 1. The van der Waals surface area contributed by atoms with Crippen LogP contribution in [-0.2, 0) is 11.2 Å². The van der Waals surface area contributed by atoms with Crippen LogP contribution in [-0.4, -0.2) is 34.6 Å². The Bertz CT molecular complexity index is 846. The van der Waals surface area contributed by atoms with E-state index in [0.29, 0.717) is 12.2 Å². The first kappa shape index (κ1) is 16.7. The SMILES string of the molecule is N#Cc1cc(N2c3ccccc3CC2CNC(=O)C(F)(F)F)ncn1. The number of carbonyl (C=O) groups is 1. The summed E-state index contributed by atoms with van der Waals surface area (Å²) in [6.07, 6.45) is -3.26. The highest BCUT2D eigenvalue weighted by Gasteiger charge is 2.40. The average Bonchev–Trinajstić information content (AvgIpc) is 2.97. The first-order valence-corrected chi connectivity index (χ1v) is 7.34. The molecule has 0 bridgehead atoms. The molecular weight excluding hydrogens is 335 g/mol. The summed E-state index contributed by atoms with van der Waals surface area (Å²) >= 11 is 0. The molecule has 1 aliphatic heterocycles. The zero-order valence-electron chi connectivity index (χ0n) is 12.8. The van der Waals surface area contributed by atoms with Gasteiger partial charge >= 0.3 is 12.1 Å². The van der Waals surface area contributed by atoms with Gasteiger partial charge in [-0.1, -0.05) is 18.2 Å². The number of rotatable bonds is 3. The fourth-order valence-electron chi connectivity index (χ4n) is 2.78. The number of amides is 1. The average molecular weight is 347 g/mol. The van der Waals surface area contributed by atoms with Gasteiger partial charge in [0.2, 0.25) is 0 Å². The maximum absolute atomic E-state index is 12.4. The zero-order chi connectivity index (χ0) is 18.0. The van der Waals surface area contributed by atoms with E-state index in [1.807, 2.05) is 29.6 Å². The lowest BCUT2D eigenvalue weighted by Crippen LogP contribution is -2.44. The van der Waals surface area contributed by atoms with Crippen LogP contribution in [0.15, 0.2) is 36.7 Å². The minimum atomic E-state index is -4.93. The van der Waals surface area contributed by atoms with E-state index in [4.69, 9.17) is 5.26 Å². The van der Waals surface area contributed by atoms with E-state index in [1.165, 1.54) is 12.4 Å². The smallest absolute Gasteiger partial charge is 0.346 e. The van der Waals surface area contributed by atoms with Gasteiger partial charge in [-0.15, -0.1) is 0 Å². The first-order valence-electron chi connectivity index (χ1n) is 7.34. The van der Waals surface area contributed by atoms with Crippen molar-refractivity contribution in [2.45, 2.75) is 18.6 Å². The molecule has 128 valence electrons. The number of anilines is 2. The molecule has 25 heavy (non-hydrogen) atoms. The molecular formula is C16H12F3N5O. The third kappa shape index (κ3) is 3.38. The van der Waals surface area contributed by atoms with Gasteiger partial charge in [-0.25, -0.2) is 9.97 Å². The van der Waals surface area contributed by atoms with Crippen molar-refractivity contribution in [3.8, 4) is 6.07 Å². The van der Waals surface area contributed by atoms with E-state index in [0.717, 1.165) is 11.3 Å². The number of nitrogens with one attached hydrogen (secondary N) is 1. The van der Waals surface area contributed by atoms with E-state index in [-0.39, 0.29) is 12.2 Å². The molecule has 1 aliphatic rings. The molecule has 2 aromatic rings. The van der Waals surface area contributed by atoms with Crippen molar-refractivity contribution < 1.29 is 18.0 Å². The molecule has 1 aromatic heterocycles. The van der Waals surface area contributed by atoms with Gasteiger partial charge in [0.25, 0.3) is 0 Å². The number of fused-ring (bicyclic) bond motifs is 1. The molecule has 0 radical (unpaired) electrons. The monoisotopic (exact) mass is 347 g/mol. The normalized spacial score (nSPS) is 16.2. The number of halogens is 3. The number of nitrogens with zero attached hydrogens (tertiary/aromatic N) is 4. The predicted octanol–water partition coefficient (Wildman–Crippen LogP) is 2.09. The van der Waals surface area contributed by atoms with Gasteiger partial charge < -0.3 is 10.2 Å². The summed E-state index contributed by atoms with van der Waals surface area (Å²) in [5.41, 5.74) is 1.84. The van der Waals surface area contributed by atoms with E-state index >= 15 is 0 Å². The number of carbonyl (C=O) groups excluding carboxylic acids is 1. The summed E-state index contributed by atoms with van der Waals surface area (Å²) < 4.78 is 37.3. The summed E-state index contributed by atoms with van der Waals surface area (Å²) in [5, 5.41) is 10.9. The van der Waals surface area contributed by atoms with Crippen LogP contribution in [0.2, 0.25) is 0 Å². The summed E-state index contributed by atoms with van der Waals surface area (Å²) in [7, 11) is 0. The van der Waals surface area contributed by atoms with Crippen molar-refractivity contribution in [3.05, 3.63) is 47.9 Å². The van der Waals surface area contributed by atoms with Crippen molar-refractivity contribution in [2.24, 2.45) is 0 Å². The maximum atomic E-state index is 12.4. The summed E-state index contributed by atoms with van der Waals surface area (Å²) in [6.45, 7) is -0.209. The molecule has 1 aromatic carbocycles. The Morgan fingerprint density at radius 2 is 2.12 bits per heavy atom. The Balaban J connectivity index is 1.90. The summed E-state index contributed by atoms with van der Waals surface area (Å²) in [6, 6.07) is 10.2. The van der Waals surface area contributed by atoms with Gasteiger partial charge in [0.15, 0.2) is 0 Å². The van der Waals surface area contributed by atoms with Crippen molar-refractivity contribution in [2.75, 3.05) is 11.4 Å². The van der Waals surface area contributed by atoms with Crippen molar-refractivity contribution >= 4 is 17.4 Å². The van der Waals surface area contributed by atoms with E-state index in [1.54, 1.807) is 11.0 Å². The van der Waals surface area contributed by atoms with Crippen molar-refractivity contribution in [1.82, 2.24) is 15.3 Å². The minimum absolute atomic E-state index is 0.146. The molecule has 9 heteroatoms. The second-order valence-corrected chi connectivity index (χ2v) is 5.44. The first-order chi connectivity index (χ1) is 11.9. The van der Waals surface area contributed by atoms with E-state index in [2.05, 4.69) is 9.97 Å². The number of hydrogen-bond acceptors (Lipinski definition) is 5. The quantitative estimate of drug-likeness (QED) is 0.919. The Hall–Kier alpha value is -3.15. The highest BCUT2D eigenvalue weighted by atomic mass is 19.4. The molecule has 1 atom stereocenters. The summed E-state index contributed by atoms with van der Waals surface area (Å²) in [4.78, 5) is 20.8. The predicted molar refractivity (Wildman–Crippen MR) is 81.9 cm³/mol. The van der Waals surface area contributed by atoms with Gasteiger partial charge in [0.05, 0.1) is 6.04 Å². The Labute approximate surface area is 140 Å². The Morgan fingerprint density at radius 3 is 2.84 bits per heavy atom. The Morgan fingerprint density at radius 1 is 1.36 bits per heavy atom. The molecule has 0 saturated carbocycles. The maximum Gasteiger partial charge on any atom is 0.471 e. The molecule has 0 spiro atoms. The molecule has 1 unspecified atom stereocenters. The van der Waals surface area contributed by atoms with Crippen molar-refractivity contribution in [1.29, 1.82) is 5.26 Å². The molecule has 0 aliphatic carbocycles. The molecule has 6 nitrogen and oxygen atoms in total. The van der Waals surface area contributed by atoms with Gasteiger partial charge in [-0.3, -0.25) is 4.79 Å². The molecule has 3 rings (SSSR count). The molecule has 2 heterocycles. The van der Waals surface area contributed by atoms with Crippen LogP contribution in [0.25, 0.3) is 0 Å². The fourth-order valence-corrected chi connectivity index (χ4v) is 2.78. The van der Waals surface area contributed by atoms with Crippen LogP contribution in [0, 0.1) is 11.3 Å².